The number of carbonyl (C=O) groups is 2. The molecule has 48 heavy (non-hydrogen) atoms. The fourth-order valence-corrected chi connectivity index (χ4v) is 9.08. The largest absolute Gasteiger partial charge is 0.490 e. The molecule has 2 aliphatic heterocycles. The number of fused-ring (bicyclic) bond motifs is 3. The summed E-state index contributed by atoms with van der Waals surface area (Å²) in [7, 11) is -1.98. The highest BCUT2D eigenvalue weighted by atomic mass is 35.5. The maximum atomic E-state index is 14.9. The minimum atomic E-state index is -3.72. The first-order valence-electron chi connectivity index (χ1n) is 17.4. The summed E-state index contributed by atoms with van der Waals surface area (Å²) < 4.78 is 40.4. The van der Waals surface area contributed by atoms with Crippen molar-refractivity contribution in [2.24, 2.45) is 33.4 Å². The van der Waals surface area contributed by atoms with Gasteiger partial charge in [-0.3, -0.25) is 14.3 Å². The van der Waals surface area contributed by atoms with E-state index >= 15 is 0 Å². The van der Waals surface area contributed by atoms with Gasteiger partial charge in [-0.1, -0.05) is 49.2 Å². The third-order valence-electron chi connectivity index (χ3n) is 10.8. The number of hydrogen-bond donors (Lipinski definition) is 1. The van der Waals surface area contributed by atoms with Gasteiger partial charge in [0.2, 0.25) is 5.91 Å². The minimum Gasteiger partial charge on any atom is -0.490 e. The molecule has 2 amide bonds. The van der Waals surface area contributed by atoms with Gasteiger partial charge in [-0.25, -0.2) is 4.21 Å². The van der Waals surface area contributed by atoms with Gasteiger partial charge in [0, 0.05) is 37.1 Å². The molecule has 2 fully saturated rings. The average Bonchev–Trinajstić information content (AvgIpc) is 3.85. The van der Waals surface area contributed by atoms with Crippen LogP contribution in [0.2, 0.25) is 0 Å². The maximum Gasteiger partial charge on any atom is 0.287 e. The van der Waals surface area contributed by atoms with Gasteiger partial charge >= 0.3 is 0 Å². The minimum absolute atomic E-state index is 0.0819. The first-order chi connectivity index (χ1) is 22.9. The molecule has 5 aliphatic rings. The van der Waals surface area contributed by atoms with Crippen molar-refractivity contribution < 1.29 is 28.0 Å². The van der Waals surface area contributed by atoms with Crippen molar-refractivity contribution >= 4 is 39.0 Å². The highest BCUT2D eigenvalue weighted by Gasteiger charge is 2.39. The van der Waals surface area contributed by atoms with Crippen LogP contribution in [-0.2, 0) is 29.0 Å². The van der Waals surface area contributed by atoms with Crippen molar-refractivity contribution in [3.63, 3.8) is 0 Å². The fraction of sp³-hybridized carbons (Fsp3) is 0.622. The van der Waals surface area contributed by atoms with Gasteiger partial charge in [0.25, 0.3) is 5.91 Å². The summed E-state index contributed by atoms with van der Waals surface area (Å²) in [6.07, 6.45) is 17.3. The van der Waals surface area contributed by atoms with E-state index in [1.54, 1.807) is 27.0 Å². The number of allylic oxidation sites excluding steroid dienone is 3. The SMILES string of the molecule is CO[C@H]1/C=C/COC(C)(C)C(=O)N=S(=O)(NC(=O)CC2CC2)c2ccc3c(c2)N(CCCCC2C=C(Cl)C=CC2(C)CO3)C[C@@H]2CC[C@H]21. The zero-order valence-electron chi connectivity index (χ0n) is 28.6. The first kappa shape index (κ1) is 35.2. The summed E-state index contributed by atoms with van der Waals surface area (Å²) >= 11 is 6.46. The van der Waals surface area contributed by atoms with Crippen LogP contribution in [0.5, 0.6) is 5.75 Å². The molecule has 262 valence electrons. The van der Waals surface area contributed by atoms with Crippen LogP contribution in [0.3, 0.4) is 0 Å². The molecular weight excluding hydrogens is 650 g/mol. The van der Waals surface area contributed by atoms with Crippen molar-refractivity contribution in [2.45, 2.75) is 88.7 Å². The molecule has 9 nitrogen and oxygen atoms in total. The van der Waals surface area contributed by atoms with Crippen LogP contribution < -0.4 is 14.4 Å². The van der Waals surface area contributed by atoms with Gasteiger partial charge in [-0.2, -0.15) is 0 Å². The lowest BCUT2D eigenvalue weighted by molar-refractivity contribution is -0.137. The van der Waals surface area contributed by atoms with Crippen LogP contribution >= 0.6 is 11.6 Å². The molecule has 0 saturated heterocycles. The highest BCUT2D eigenvalue weighted by molar-refractivity contribution is 7.92. The van der Waals surface area contributed by atoms with Gasteiger partial charge in [-0.05, 0) is 100 Å². The topological polar surface area (TPSA) is 107 Å². The Morgan fingerprint density at radius 3 is 2.71 bits per heavy atom. The Kier molecular flexibility index (Phi) is 10.5. The lowest BCUT2D eigenvalue weighted by Crippen LogP contribution is -2.44. The van der Waals surface area contributed by atoms with E-state index in [0.29, 0.717) is 24.2 Å². The van der Waals surface area contributed by atoms with Gasteiger partial charge in [0.15, 0.2) is 9.92 Å². The predicted octanol–water partition coefficient (Wildman–Crippen LogP) is 6.96. The average molecular weight is 700 g/mol. The molecule has 2 heterocycles. The second-order valence-corrected chi connectivity index (χ2v) is 17.2. The molecule has 0 aromatic heterocycles. The highest BCUT2D eigenvalue weighted by Crippen LogP contribution is 2.44. The number of hydrogen-bond acceptors (Lipinski definition) is 7. The molecule has 2 bridgehead atoms. The summed E-state index contributed by atoms with van der Waals surface area (Å²) in [6, 6.07) is 5.31. The molecule has 2 saturated carbocycles. The van der Waals surface area contributed by atoms with Crippen LogP contribution in [0.25, 0.3) is 0 Å². The molecule has 11 heteroatoms. The first-order valence-corrected chi connectivity index (χ1v) is 19.3. The number of ether oxygens (including phenoxy) is 3. The Hall–Kier alpha value is -2.66. The number of nitrogens with one attached hydrogen (secondary N) is 1. The van der Waals surface area contributed by atoms with Crippen LogP contribution in [-0.4, -0.2) is 61.1 Å². The number of benzene rings is 1. The summed E-state index contributed by atoms with van der Waals surface area (Å²) in [4.78, 5) is 29.5. The Morgan fingerprint density at radius 1 is 1.17 bits per heavy atom. The number of halogens is 1. The van der Waals surface area contributed by atoms with E-state index < -0.39 is 21.4 Å². The monoisotopic (exact) mass is 699 g/mol. The predicted molar refractivity (Wildman–Crippen MR) is 188 cm³/mol. The Morgan fingerprint density at radius 2 is 1.98 bits per heavy atom. The number of anilines is 1. The van der Waals surface area contributed by atoms with Crippen LogP contribution in [0.4, 0.5) is 5.69 Å². The van der Waals surface area contributed by atoms with E-state index in [1.165, 1.54) is 0 Å². The number of methoxy groups -OCH3 is 1. The lowest BCUT2D eigenvalue weighted by Gasteiger charge is -2.43. The Labute approximate surface area is 290 Å². The van der Waals surface area contributed by atoms with E-state index in [-0.39, 0.29) is 47.2 Å². The summed E-state index contributed by atoms with van der Waals surface area (Å²) in [5.41, 5.74) is -0.851. The molecule has 3 aliphatic carbocycles. The third kappa shape index (κ3) is 7.87. The van der Waals surface area contributed by atoms with Crippen molar-refractivity contribution in [1.82, 2.24) is 4.72 Å². The zero-order chi connectivity index (χ0) is 34.1. The molecule has 6 rings (SSSR count). The molecule has 1 N–H and O–H groups in total. The number of rotatable bonds is 4. The summed E-state index contributed by atoms with van der Waals surface area (Å²) in [5, 5.41) is 0.756. The van der Waals surface area contributed by atoms with Crippen molar-refractivity contribution in [3.8, 4) is 5.75 Å². The van der Waals surface area contributed by atoms with Gasteiger partial charge in [0.05, 0.1) is 29.9 Å². The second-order valence-electron chi connectivity index (χ2n) is 14.9. The zero-order valence-corrected chi connectivity index (χ0v) is 30.2. The standard InChI is InChI=1S/C37H50ClN3O6S/c1-36(2)35(43)40-48(44,39-34(42)20-25-10-11-25)29-13-15-33-31(22-29)41(23-26-12-14-30(26)32(45-4)9-7-19-47-36)18-6-5-8-27-21-28(38)16-17-37(27,3)24-46-33/h7,9,13,15-17,21-22,25-27,30,32H,5-6,8,10-12,14,18-20,23-24H2,1-4H3,(H,39,40,42,43,44)/b9-7+/t26-,27?,30+,32-,37?,48?/m0/s1. The second kappa shape index (κ2) is 14.3. The van der Waals surface area contributed by atoms with Crippen molar-refractivity contribution in [2.75, 3.05) is 38.3 Å². The smallest absolute Gasteiger partial charge is 0.287 e. The molecule has 1 aromatic rings. The number of carbonyl (C=O) groups excluding carboxylic acids is 2. The summed E-state index contributed by atoms with van der Waals surface area (Å²) in [5.74, 6) is 0.771. The van der Waals surface area contributed by atoms with Gasteiger partial charge < -0.3 is 19.1 Å². The lowest BCUT2D eigenvalue weighted by atomic mass is 9.70. The summed E-state index contributed by atoms with van der Waals surface area (Å²) in [6.45, 7) is 7.55. The van der Waals surface area contributed by atoms with E-state index in [2.05, 4.69) is 33.1 Å². The van der Waals surface area contributed by atoms with E-state index in [1.807, 2.05) is 30.4 Å². The Balaban J connectivity index is 1.46. The normalized spacial score (nSPS) is 34.5. The molecule has 1 aromatic carbocycles. The van der Waals surface area contributed by atoms with Gasteiger partial charge in [0.1, 0.15) is 11.4 Å². The van der Waals surface area contributed by atoms with Crippen LogP contribution in [0.15, 0.2) is 62.9 Å². The van der Waals surface area contributed by atoms with Crippen molar-refractivity contribution in [3.05, 3.63) is 53.6 Å². The van der Waals surface area contributed by atoms with Crippen LogP contribution in [0.1, 0.15) is 72.1 Å². The molecule has 0 spiro atoms. The third-order valence-corrected chi connectivity index (χ3v) is 12.9. The quantitative estimate of drug-likeness (QED) is 0.339. The van der Waals surface area contributed by atoms with E-state index in [0.717, 1.165) is 68.8 Å². The molecular formula is C37H50ClN3O6S. The Bertz CT molecular complexity index is 1610. The van der Waals surface area contributed by atoms with E-state index in [9.17, 15) is 13.8 Å². The van der Waals surface area contributed by atoms with Crippen LogP contribution in [0, 0.1) is 29.1 Å². The van der Waals surface area contributed by atoms with Gasteiger partial charge in [-0.15, -0.1) is 4.36 Å². The molecule has 6 atom stereocenters. The number of nitrogens with zero attached hydrogens (tertiary/aromatic N) is 2. The molecule has 0 radical (unpaired) electrons. The molecule has 3 unspecified atom stereocenters. The number of amides is 2. The maximum absolute atomic E-state index is 14.9. The van der Waals surface area contributed by atoms with Crippen molar-refractivity contribution in [1.29, 1.82) is 0 Å². The van der Waals surface area contributed by atoms with E-state index in [4.69, 9.17) is 25.8 Å². The fourth-order valence-electron chi connectivity index (χ4n) is 7.23.